The quantitative estimate of drug-likeness (QED) is 0.192. The summed E-state index contributed by atoms with van der Waals surface area (Å²) in [4.78, 5) is 15.1. The first-order valence-electron chi connectivity index (χ1n) is 17.1. The smallest absolute Gasteiger partial charge is 0.164 e. The number of aromatic nitrogens is 4. The van der Waals surface area contributed by atoms with Crippen LogP contribution in [0.2, 0.25) is 0 Å². The summed E-state index contributed by atoms with van der Waals surface area (Å²) in [6, 6.07) is 55.9. The van der Waals surface area contributed by atoms with E-state index in [1.54, 1.807) is 0 Å². The molecule has 0 bridgehead atoms. The Morgan fingerprint density at radius 3 is 1.70 bits per heavy atom. The van der Waals surface area contributed by atoms with Gasteiger partial charge in [-0.3, -0.25) is 0 Å². The van der Waals surface area contributed by atoms with Gasteiger partial charge in [0, 0.05) is 38.3 Å². The number of nitrogens with zero attached hydrogens (tertiary/aromatic N) is 4. The normalized spacial score (nSPS) is 13.2. The molecule has 0 amide bonds. The van der Waals surface area contributed by atoms with Crippen molar-refractivity contribution < 1.29 is 0 Å². The Morgan fingerprint density at radius 2 is 0.980 bits per heavy atom. The molecular formula is C46H32N4. The molecule has 50 heavy (non-hydrogen) atoms. The Morgan fingerprint density at radius 1 is 0.400 bits per heavy atom. The third-order valence-electron chi connectivity index (χ3n) is 10.5. The predicted molar refractivity (Wildman–Crippen MR) is 206 cm³/mol. The number of fused-ring (bicyclic) bond motifs is 7. The van der Waals surface area contributed by atoms with Crippen LogP contribution < -0.4 is 0 Å². The highest BCUT2D eigenvalue weighted by molar-refractivity contribution is 6.13. The van der Waals surface area contributed by atoms with Crippen LogP contribution in [-0.4, -0.2) is 19.5 Å². The van der Waals surface area contributed by atoms with Crippen LogP contribution in [-0.2, 0) is 5.41 Å². The third-order valence-corrected chi connectivity index (χ3v) is 10.5. The molecule has 0 saturated carbocycles. The molecule has 1 aliphatic rings. The molecule has 7 aromatic carbocycles. The summed E-state index contributed by atoms with van der Waals surface area (Å²) in [6.45, 7) is 4.70. The molecule has 0 spiro atoms. The average Bonchev–Trinajstić information content (AvgIpc) is 3.62. The Bertz CT molecular complexity index is 2720. The molecule has 0 saturated heterocycles. The van der Waals surface area contributed by atoms with Crippen LogP contribution in [0.15, 0.2) is 158 Å². The zero-order valence-corrected chi connectivity index (χ0v) is 27.8. The van der Waals surface area contributed by atoms with Crippen molar-refractivity contribution in [3.05, 3.63) is 169 Å². The lowest BCUT2D eigenvalue weighted by molar-refractivity contribution is 0.661. The standard InChI is InChI=1S/C46H32N4/c1-46(2)38-23-13-11-20-32(38)36-28-42-37(27-39(36)46)34-22-12-14-24-40(34)50(42)41-26-25-35(31-19-9-10-21-33(31)41)45-48-43(29-15-5-3-6-16-29)47-44(49-45)30-17-7-4-8-18-30/h3-28H,1-2H3. The van der Waals surface area contributed by atoms with Crippen LogP contribution in [0.25, 0.3) is 83.6 Å². The zero-order chi connectivity index (χ0) is 33.4. The van der Waals surface area contributed by atoms with Gasteiger partial charge < -0.3 is 4.57 Å². The van der Waals surface area contributed by atoms with E-state index < -0.39 is 0 Å². The van der Waals surface area contributed by atoms with Crippen LogP contribution in [0.3, 0.4) is 0 Å². The molecule has 1 aliphatic carbocycles. The van der Waals surface area contributed by atoms with Gasteiger partial charge in [-0.05, 0) is 58.0 Å². The first-order valence-corrected chi connectivity index (χ1v) is 17.1. The molecule has 236 valence electrons. The fraction of sp³-hybridized carbons (Fsp3) is 0.0652. The number of hydrogen-bond acceptors (Lipinski definition) is 3. The van der Waals surface area contributed by atoms with Gasteiger partial charge in [0.05, 0.1) is 16.7 Å². The number of rotatable bonds is 4. The first-order chi connectivity index (χ1) is 24.6. The largest absolute Gasteiger partial charge is 0.309 e. The van der Waals surface area contributed by atoms with Crippen LogP contribution >= 0.6 is 0 Å². The summed E-state index contributed by atoms with van der Waals surface area (Å²) in [5, 5.41) is 4.75. The lowest BCUT2D eigenvalue weighted by Crippen LogP contribution is -2.14. The molecule has 0 aliphatic heterocycles. The minimum atomic E-state index is -0.0700. The molecule has 0 N–H and O–H groups in total. The monoisotopic (exact) mass is 640 g/mol. The molecule has 0 fully saturated rings. The molecule has 0 atom stereocenters. The molecule has 4 heteroatoms. The van der Waals surface area contributed by atoms with E-state index in [9.17, 15) is 0 Å². The van der Waals surface area contributed by atoms with E-state index in [0.29, 0.717) is 17.5 Å². The summed E-state index contributed by atoms with van der Waals surface area (Å²) in [5.41, 5.74) is 11.7. The molecule has 0 radical (unpaired) electrons. The first kappa shape index (κ1) is 28.6. The highest BCUT2D eigenvalue weighted by atomic mass is 15.0. The molecule has 10 rings (SSSR count). The van der Waals surface area contributed by atoms with Crippen molar-refractivity contribution in [3.63, 3.8) is 0 Å². The Labute approximate surface area is 290 Å². The SMILES string of the molecule is CC1(C)c2ccccc2-c2cc3c(cc21)c1ccccc1n3-c1ccc(-c2nc(-c3ccccc3)nc(-c3ccccc3)n2)c2ccccc12. The van der Waals surface area contributed by atoms with E-state index in [1.165, 1.54) is 44.1 Å². The topological polar surface area (TPSA) is 43.6 Å². The van der Waals surface area contributed by atoms with Crippen molar-refractivity contribution in [1.82, 2.24) is 19.5 Å². The van der Waals surface area contributed by atoms with Crippen molar-refractivity contribution in [2.45, 2.75) is 19.3 Å². The zero-order valence-electron chi connectivity index (χ0n) is 27.8. The maximum absolute atomic E-state index is 5.09. The molecule has 0 unspecified atom stereocenters. The van der Waals surface area contributed by atoms with Crippen LogP contribution in [0.5, 0.6) is 0 Å². The highest BCUT2D eigenvalue weighted by Gasteiger charge is 2.36. The van der Waals surface area contributed by atoms with Gasteiger partial charge in [0.2, 0.25) is 0 Å². The van der Waals surface area contributed by atoms with Gasteiger partial charge in [-0.1, -0.05) is 141 Å². The summed E-state index contributed by atoms with van der Waals surface area (Å²) in [7, 11) is 0. The second-order valence-corrected chi connectivity index (χ2v) is 13.7. The maximum Gasteiger partial charge on any atom is 0.164 e. The third kappa shape index (κ3) is 4.21. The Kier molecular flexibility index (Phi) is 6.19. The molecule has 9 aromatic rings. The predicted octanol–water partition coefficient (Wildman–Crippen LogP) is 11.4. The van der Waals surface area contributed by atoms with Crippen molar-refractivity contribution in [3.8, 4) is 51.0 Å². The van der Waals surface area contributed by atoms with Gasteiger partial charge in [0.15, 0.2) is 17.5 Å². The van der Waals surface area contributed by atoms with E-state index in [2.05, 4.69) is 115 Å². The molecule has 4 nitrogen and oxygen atoms in total. The van der Waals surface area contributed by atoms with Crippen LogP contribution in [0, 0.1) is 0 Å². The highest BCUT2D eigenvalue weighted by Crippen LogP contribution is 2.51. The van der Waals surface area contributed by atoms with Gasteiger partial charge in [-0.15, -0.1) is 0 Å². The van der Waals surface area contributed by atoms with Gasteiger partial charge in [0.1, 0.15) is 0 Å². The molecular weight excluding hydrogens is 609 g/mol. The van der Waals surface area contributed by atoms with E-state index >= 15 is 0 Å². The van der Waals surface area contributed by atoms with E-state index in [4.69, 9.17) is 15.0 Å². The number of para-hydroxylation sites is 1. The van der Waals surface area contributed by atoms with Gasteiger partial charge in [-0.2, -0.15) is 0 Å². The summed E-state index contributed by atoms with van der Waals surface area (Å²) in [5.74, 6) is 1.96. The fourth-order valence-corrected chi connectivity index (χ4v) is 8.02. The van der Waals surface area contributed by atoms with Crippen molar-refractivity contribution in [1.29, 1.82) is 0 Å². The van der Waals surface area contributed by atoms with E-state index in [1.807, 2.05) is 60.7 Å². The summed E-state index contributed by atoms with van der Waals surface area (Å²) in [6.07, 6.45) is 0. The minimum Gasteiger partial charge on any atom is -0.309 e. The van der Waals surface area contributed by atoms with Crippen molar-refractivity contribution >= 4 is 32.6 Å². The lowest BCUT2D eigenvalue weighted by atomic mass is 9.82. The minimum absolute atomic E-state index is 0.0700. The average molecular weight is 641 g/mol. The summed E-state index contributed by atoms with van der Waals surface area (Å²) < 4.78 is 2.45. The van der Waals surface area contributed by atoms with E-state index in [0.717, 1.165) is 33.2 Å². The van der Waals surface area contributed by atoms with Gasteiger partial charge in [-0.25, -0.2) is 15.0 Å². The number of hydrogen-bond donors (Lipinski definition) is 0. The maximum atomic E-state index is 5.09. The van der Waals surface area contributed by atoms with Crippen molar-refractivity contribution in [2.75, 3.05) is 0 Å². The second kappa shape index (κ2) is 10.8. The number of benzene rings is 7. The van der Waals surface area contributed by atoms with Crippen molar-refractivity contribution in [2.24, 2.45) is 0 Å². The Hall–Kier alpha value is -6.39. The van der Waals surface area contributed by atoms with Gasteiger partial charge in [0.25, 0.3) is 0 Å². The van der Waals surface area contributed by atoms with E-state index in [-0.39, 0.29) is 5.41 Å². The summed E-state index contributed by atoms with van der Waals surface area (Å²) >= 11 is 0. The lowest BCUT2D eigenvalue weighted by Gasteiger charge is -2.21. The second-order valence-electron chi connectivity index (χ2n) is 13.7. The van der Waals surface area contributed by atoms with Crippen LogP contribution in [0.4, 0.5) is 0 Å². The molecule has 2 heterocycles. The van der Waals surface area contributed by atoms with Crippen LogP contribution in [0.1, 0.15) is 25.0 Å². The fourth-order valence-electron chi connectivity index (χ4n) is 8.02. The molecule has 2 aromatic heterocycles. The Balaban J connectivity index is 1.23. The van der Waals surface area contributed by atoms with Gasteiger partial charge >= 0.3 is 0 Å².